The van der Waals surface area contributed by atoms with Gasteiger partial charge in [-0.3, -0.25) is 9.36 Å². The summed E-state index contributed by atoms with van der Waals surface area (Å²) in [5.74, 6) is 0.754. The van der Waals surface area contributed by atoms with Gasteiger partial charge in [0.15, 0.2) is 5.82 Å². The number of carbonyl (C=O) groups is 1. The second kappa shape index (κ2) is 7.35. The lowest BCUT2D eigenvalue weighted by Gasteiger charge is -2.14. The molecule has 0 radical (unpaired) electrons. The molecule has 29 heavy (non-hydrogen) atoms. The van der Waals surface area contributed by atoms with Gasteiger partial charge in [0.1, 0.15) is 23.5 Å². The van der Waals surface area contributed by atoms with E-state index in [-0.39, 0.29) is 6.04 Å². The molecule has 0 bridgehead atoms. The fourth-order valence-electron chi connectivity index (χ4n) is 3.38. The van der Waals surface area contributed by atoms with E-state index < -0.39 is 5.91 Å². The molecule has 3 heterocycles. The molecule has 4 rings (SSSR count). The number of nitrogens with two attached hydrogens (primary N) is 1. The Balaban J connectivity index is 1.90. The number of amides is 1. The number of primary amides is 1. The van der Waals surface area contributed by atoms with Crippen molar-refractivity contribution in [3.05, 3.63) is 72.2 Å². The fraction of sp³-hybridized carbons (Fsp3) is 0.182. The monoisotopic (exact) mass is 386 g/mol. The van der Waals surface area contributed by atoms with E-state index in [0.717, 1.165) is 16.8 Å². The van der Waals surface area contributed by atoms with Crippen molar-refractivity contribution in [2.24, 2.45) is 5.73 Å². The zero-order valence-corrected chi connectivity index (χ0v) is 16.6. The third-order valence-electron chi connectivity index (χ3n) is 4.77. The molecule has 3 aromatic heterocycles. The summed E-state index contributed by atoms with van der Waals surface area (Å²) in [6, 6.07) is 17.5. The first kappa shape index (κ1) is 18.6. The van der Waals surface area contributed by atoms with Crippen LogP contribution in [0.2, 0.25) is 0 Å². The van der Waals surface area contributed by atoms with E-state index in [0.29, 0.717) is 23.0 Å². The van der Waals surface area contributed by atoms with Gasteiger partial charge in [0.05, 0.1) is 5.69 Å². The van der Waals surface area contributed by atoms with Gasteiger partial charge in [-0.2, -0.15) is 0 Å². The third-order valence-corrected chi connectivity index (χ3v) is 4.77. The van der Waals surface area contributed by atoms with Crippen LogP contribution in [0.5, 0.6) is 0 Å². The smallest absolute Gasteiger partial charge is 0.265 e. The van der Waals surface area contributed by atoms with Gasteiger partial charge >= 0.3 is 0 Å². The lowest BCUT2D eigenvalue weighted by atomic mass is 10.1. The molecular weight excluding hydrogens is 364 g/mol. The summed E-state index contributed by atoms with van der Waals surface area (Å²) in [6.07, 6.45) is 1.69. The predicted octanol–water partition coefficient (Wildman–Crippen LogP) is 3.79. The van der Waals surface area contributed by atoms with Gasteiger partial charge in [0.25, 0.3) is 5.91 Å². The van der Waals surface area contributed by atoms with Crippen LogP contribution in [0.1, 0.15) is 35.9 Å². The van der Waals surface area contributed by atoms with Crippen molar-refractivity contribution in [2.45, 2.75) is 26.8 Å². The minimum Gasteiger partial charge on any atom is -0.364 e. The van der Waals surface area contributed by atoms with Gasteiger partial charge in [-0.15, -0.1) is 10.2 Å². The van der Waals surface area contributed by atoms with Gasteiger partial charge in [-0.25, -0.2) is 4.98 Å². The Morgan fingerprint density at radius 3 is 2.59 bits per heavy atom. The van der Waals surface area contributed by atoms with Gasteiger partial charge < -0.3 is 10.3 Å². The zero-order valence-electron chi connectivity index (χ0n) is 16.6. The van der Waals surface area contributed by atoms with Crippen molar-refractivity contribution in [2.75, 3.05) is 0 Å². The maximum atomic E-state index is 12.1. The van der Waals surface area contributed by atoms with E-state index in [1.165, 1.54) is 0 Å². The summed E-state index contributed by atoms with van der Waals surface area (Å²) in [7, 11) is 0. The molecule has 0 aliphatic carbocycles. The molecule has 7 heteroatoms. The molecule has 1 amide bonds. The number of aryl methyl sites for hydroxylation is 1. The topological polar surface area (TPSA) is 91.6 Å². The van der Waals surface area contributed by atoms with Crippen LogP contribution >= 0.6 is 0 Å². The Morgan fingerprint density at radius 1 is 1.07 bits per heavy atom. The van der Waals surface area contributed by atoms with Crippen molar-refractivity contribution in [1.29, 1.82) is 0 Å². The zero-order chi connectivity index (χ0) is 20.5. The van der Waals surface area contributed by atoms with Crippen LogP contribution in [0.4, 0.5) is 0 Å². The lowest BCUT2D eigenvalue weighted by Crippen LogP contribution is -2.17. The highest BCUT2D eigenvalue weighted by Crippen LogP contribution is 2.28. The number of nitrogens with zero attached hydrogens (tertiary/aromatic N) is 5. The van der Waals surface area contributed by atoms with E-state index in [1.807, 2.05) is 54.0 Å². The first-order chi connectivity index (χ1) is 14.0. The molecule has 0 aliphatic heterocycles. The first-order valence-electron chi connectivity index (χ1n) is 9.41. The summed E-state index contributed by atoms with van der Waals surface area (Å²) >= 11 is 0. The fourth-order valence-corrected chi connectivity index (χ4v) is 3.38. The van der Waals surface area contributed by atoms with Crippen LogP contribution in [0, 0.1) is 6.92 Å². The molecule has 0 unspecified atom stereocenters. The molecule has 0 saturated heterocycles. The van der Waals surface area contributed by atoms with Gasteiger partial charge in [-0.05, 0) is 56.7 Å². The SMILES string of the molecule is Cc1cccc(-c2ccc(C(N)=O)n2-c2cccc(-c3nncn3C(C)C)n2)c1. The number of pyridine rings is 1. The quantitative estimate of drug-likeness (QED) is 0.565. The lowest BCUT2D eigenvalue weighted by molar-refractivity contribution is 0.0994. The van der Waals surface area contributed by atoms with Crippen LogP contribution in [0.3, 0.4) is 0 Å². The summed E-state index contributed by atoms with van der Waals surface area (Å²) in [5, 5.41) is 8.25. The highest BCUT2D eigenvalue weighted by Gasteiger charge is 2.18. The average molecular weight is 386 g/mol. The normalized spacial score (nSPS) is 11.2. The van der Waals surface area contributed by atoms with Crippen LogP contribution in [-0.2, 0) is 0 Å². The Morgan fingerprint density at radius 2 is 1.86 bits per heavy atom. The highest BCUT2D eigenvalue weighted by molar-refractivity contribution is 5.93. The maximum Gasteiger partial charge on any atom is 0.265 e. The minimum atomic E-state index is -0.513. The van der Waals surface area contributed by atoms with Crippen LogP contribution in [0.25, 0.3) is 28.6 Å². The molecule has 0 atom stereocenters. The van der Waals surface area contributed by atoms with Crippen molar-refractivity contribution < 1.29 is 4.79 Å². The predicted molar refractivity (Wildman–Crippen MR) is 112 cm³/mol. The number of rotatable bonds is 5. The maximum absolute atomic E-state index is 12.1. The largest absolute Gasteiger partial charge is 0.364 e. The minimum absolute atomic E-state index is 0.195. The molecule has 1 aromatic carbocycles. The van der Waals surface area contributed by atoms with E-state index in [9.17, 15) is 4.79 Å². The number of hydrogen-bond acceptors (Lipinski definition) is 4. The number of benzene rings is 1. The summed E-state index contributed by atoms with van der Waals surface area (Å²) < 4.78 is 3.74. The molecule has 146 valence electrons. The van der Waals surface area contributed by atoms with Crippen molar-refractivity contribution >= 4 is 5.91 Å². The second-order valence-corrected chi connectivity index (χ2v) is 7.21. The van der Waals surface area contributed by atoms with E-state index in [4.69, 9.17) is 10.7 Å². The van der Waals surface area contributed by atoms with E-state index in [2.05, 4.69) is 30.1 Å². The molecule has 7 nitrogen and oxygen atoms in total. The number of hydrogen-bond donors (Lipinski definition) is 1. The summed E-state index contributed by atoms with van der Waals surface area (Å²) in [6.45, 7) is 6.15. The Labute approximate surface area is 168 Å². The molecule has 2 N–H and O–H groups in total. The summed E-state index contributed by atoms with van der Waals surface area (Å²) in [4.78, 5) is 16.9. The van der Waals surface area contributed by atoms with E-state index >= 15 is 0 Å². The first-order valence-corrected chi connectivity index (χ1v) is 9.41. The van der Waals surface area contributed by atoms with Crippen molar-refractivity contribution in [3.63, 3.8) is 0 Å². The molecule has 0 aliphatic rings. The third kappa shape index (κ3) is 3.42. The molecule has 4 aromatic rings. The molecular formula is C22H22N6O. The summed E-state index contributed by atoms with van der Waals surface area (Å²) in [5.41, 5.74) is 9.66. The van der Waals surface area contributed by atoms with Crippen molar-refractivity contribution in [1.82, 2.24) is 24.3 Å². The van der Waals surface area contributed by atoms with Crippen LogP contribution < -0.4 is 5.73 Å². The van der Waals surface area contributed by atoms with Gasteiger partial charge in [0, 0.05) is 6.04 Å². The van der Waals surface area contributed by atoms with Crippen LogP contribution in [-0.4, -0.2) is 30.2 Å². The van der Waals surface area contributed by atoms with E-state index in [1.54, 1.807) is 17.0 Å². The standard InChI is InChI=1S/C22H22N6O/c1-14(2)27-13-24-26-22(27)17-8-5-9-20(25-17)28-18(10-11-19(28)21(23)29)16-7-4-6-15(3)12-16/h4-14H,1-3H3,(H2,23,29). The molecule has 0 spiro atoms. The van der Waals surface area contributed by atoms with Crippen molar-refractivity contribution in [3.8, 4) is 28.6 Å². The van der Waals surface area contributed by atoms with Crippen LogP contribution in [0.15, 0.2) is 60.9 Å². The Kier molecular flexibility index (Phi) is 4.72. The van der Waals surface area contributed by atoms with Gasteiger partial charge in [0.2, 0.25) is 0 Å². The number of aromatic nitrogens is 5. The molecule has 0 saturated carbocycles. The Hall–Kier alpha value is -3.74. The second-order valence-electron chi connectivity index (χ2n) is 7.21. The highest BCUT2D eigenvalue weighted by atomic mass is 16.1. The molecule has 0 fully saturated rings. The Bertz CT molecular complexity index is 1190. The number of carbonyl (C=O) groups excluding carboxylic acids is 1. The van der Waals surface area contributed by atoms with Gasteiger partial charge in [-0.1, -0.05) is 29.8 Å². The average Bonchev–Trinajstić information content (AvgIpc) is 3.35.